The number of rotatable bonds is 4. The predicted molar refractivity (Wildman–Crippen MR) is 105 cm³/mol. The van der Waals surface area contributed by atoms with Crippen molar-refractivity contribution < 1.29 is 4.79 Å². The van der Waals surface area contributed by atoms with Crippen LogP contribution >= 0.6 is 0 Å². The number of amides is 1. The van der Waals surface area contributed by atoms with Crippen molar-refractivity contribution in [2.45, 2.75) is 26.2 Å². The third-order valence-corrected chi connectivity index (χ3v) is 3.93. The van der Waals surface area contributed by atoms with Crippen LogP contribution in [0.25, 0.3) is 0 Å². The van der Waals surface area contributed by atoms with Gasteiger partial charge in [0, 0.05) is 17.6 Å². The lowest BCUT2D eigenvalue weighted by Crippen LogP contribution is -2.15. The molecule has 2 N–H and O–H groups in total. The Kier molecular flexibility index (Phi) is 4.98. The first-order valence-corrected chi connectivity index (χ1v) is 8.49. The van der Waals surface area contributed by atoms with Crippen LogP contribution in [-0.4, -0.2) is 15.9 Å². The van der Waals surface area contributed by atoms with Crippen LogP contribution in [0, 0.1) is 0 Å². The van der Waals surface area contributed by atoms with Crippen LogP contribution in [0.15, 0.2) is 66.9 Å². The summed E-state index contributed by atoms with van der Waals surface area (Å²) >= 11 is 0. The number of aromatic nitrogens is 2. The molecule has 0 unspecified atom stereocenters. The molecule has 0 bridgehead atoms. The molecule has 1 amide bonds. The van der Waals surface area contributed by atoms with E-state index in [-0.39, 0.29) is 11.3 Å². The van der Waals surface area contributed by atoms with E-state index in [1.165, 1.54) is 5.56 Å². The molecule has 0 spiro atoms. The number of hydrogen-bond donors (Lipinski definition) is 2. The molecule has 3 rings (SSSR count). The maximum atomic E-state index is 12.5. The summed E-state index contributed by atoms with van der Waals surface area (Å²) < 4.78 is 0. The lowest BCUT2D eigenvalue weighted by atomic mass is 9.87. The van der Waals surface area contributed by atoms with Gasteiger partial charge in [0.05, 0.1) is 0 Å². The SMILES string of the molecule is CC(C)(C)c1ccc(NC(=O)c2ccnc(Nc3ccccc3)n2)cc1. The number of para-hydroxylation sites is 1. The zero-order valence-electron chi connectivity index (χ0n) is 15.2. The molecule has 0 aliphatic carbocycles. The summed E-state index contributed by atoms with van der Waals surface area (Å²) in [5.41, 5.74) is 3.19. The normalized spacial score (nSPS) is 11.0. The summed E-state index contributed by atoms with van der Waals surface area (Å²) in [6, 6.07) is 19.0. The molecule has 5 heteroatoms. The molecule has 0 saturated carbocycles. The van der Waals surface area contributed by atoms with Gasteiger partial charge in [0.15, 0.2) is 0 Å². The second kappa shape index (κ2) is 7.35. The fourth-order valence-electron chi connectivity index (χ4n) is 2.44. The minimum absolute atomic E-state index is 0.0766. The minimum Gasteiger partial charge on any atom is -0.324 e. The van der Waals surface area contributed by atoms with Crippen LogP contribution in [0.3, 0.4) is 0 Å². The van der Waals surface area contributed by atoms with Crippen molar-refractivity contribution in [1.29, 1.82) is 0 Å². The highest BCUT2D eigenvalue weighted by atomic mass is 16.1. The molecule has 132 valence electrons. The molecule has 26 heavy (non-hydrogen) atoms. The van der Waals surface area contributed by atoms with E-state index >= 15 is 0 Å². The van der Waals surface area contributed by atoms with Crippen molar-refractivity contribution in [1.82, 2.24) is 9.97 Å². The van der Waals surface area contributed by atoms with E-state index in [0.717, 1.165) is 11.4 Å². The largest absolute Gasteiger partial charge is 0.324 e. The van der Waals surface area contributed by atoms with E-state index in [1.807, 2.05) is 54.6 Å². The number of nitrogens with zero attached hydrogens (tertiary/aromatic N) is 2. The van der Waals surface area contributed by atoms with Gasteiger partial charge in [0.25, 0.3) is 5.91 Å². The lowest BCUT2D eigenvalue weighted by molar-refractivity contribution is 0.102. The molecule has 1 aromatic heterocycles. The Morgan fingerprint density at radius 3 is 2.23 bits per heavy atom. The van der Waals surface area contributed by atoms with Crippen LogP contribution in [-0.2, 0) is 5.41 Å². The van der Waals surface area contributed by atoms with Crippen LogP contribution in [0.2, 0.25) is 0 Å². The Labute approximate surface area is 153 Å². The highest BCUT2D eigenvalue weighted by Gasteiger charge is 2.14. The van der Waals surface area contributed by atoms with Crippen molar-refractivity contribution in [3.8, 4) is 0 Å². The highest BCUT2D eigenvalue weighted by Crippen LogP contribution is 2.23. The van der Waals surface area contributed by atoms with E-state index in [2.05, 4.69) is 41.4 Å². The van der Waals surface area contributed by atoms with E-state index in [0.29, 0.717) is 11.6 Å². The average molecular weight is 346 g/mol. The second-order valence-electron chi connectivity index (χ2n) is 7.04. The third-order valence-electron chi connectivity index (χ3n) is 3.93. The van der Waals surface area contributed by atoms with Crippen molar-refractivity contribution >= 4 is 23.2 Å². The van der Waals surface area contributed by atoms with Gasteiger partial charge in [-0.05, 0) is 41.3 Å². The number of benzene rings is 2. The number of nitrogens with one attached hydrogen (secondary N) is 2. The predicted octanol–water partition coefficient (Wildman–Crippen LogP) is 4.77. The lowest BCUT2D eigenvalue weighted by Gasteiger charge is -2.19. The molecule has 3 aromatic rings. The van der Waals surface area contributed by atoms with Crippen molar-refractivity contribution in [2.75, 3.05) is 10.6 Å². The Morgan fingerprint density at radius 2 is 1.58 bits per heavy atom. The number of carbonyl (C=O) groups is 1. The van der Waals surface area contributed by atoms with Gasteiger partial charge in [-0.3, -0.25) is 4.79 Å². The Balaban J connectivity index is 1.71. The first-order valence-electron chi connectivity index (χ1n) is 8.49. The molecular weight excluding hydrogens is 324 g/mol. The van der Waals surface area contributed by atoms with E-state index in [9.17, 15) is 4.79 Å². The summed E-state index contributed by atoms with van der Waals surface area (Å²) in [5.74, 6) is 0.110. The van der Waals surface area contributed by atoms with Gasteiger partial charge in [0.2, 0.25) is 5.95 Å². The van der Waals surface area contributed by atoms with Crippen molar-refractivity contribution in [2.24, 2.45) is 0 Å². The van der Waals surface area contributed by atoms with Crippen molar-refractivity contribution in [3.63, 3.8) is 0 Å². The van der Waals surface area contributed by atoms with Gasteiger partial charge in [-0.2, -0.15) is 0 Å². The maximum Gasteiger partial charge on any atom is 0.274 e. The standard InChI is InChI=1S/C21H22N4O/c1-21(2,3)15-9-11-17(12-10-15)23-19(26)18-13-14-22-20(25-18)24-16-7-5-4-6-8-16/h4-14H,1-3H3,(H,23,26)(H,22,24,25). The summed E-state index contributed by atoms with van der Waals surface area (Å²) in [5, 5.41) is 5.96. The molecule has 0 aliphatic rings. The Hall–Kier alpha value is -3.21. The first kappa shape index (κ1) is 17.6. The molecular formula is C21H22N4O. The number of carbonyl (C=O) groups excluding carboxylic acids is 1. The topological polar surface area (TPSA) is 66.9 Å². The molecule has 1 heterocycles. The summed E-state index contributed by atoms with van der Waals surface area (Å²) in [6.07, 6.45) is 1.57. The number of hydrogen-bond acceptors (Lipinski definition) is 4. The summed E-state index contributed by atoms with van der Waals surface area (Å²) in [6.45, 7) is 6.47. The minimum atomic E-state index is -0.271. The fraction of sp³-hybridized carbons (Fsp3) is 0.190. The molecule has 0 radical (unpaired) electrons. The molecule has 5 nitrogen and oxygen atoms in total. The van der Waals surface area contributed by atoms with Gasteiger partial charge in [-0.25, -0.2) is 9.97 Å². The monoisotopic (exact) mass is 346 g/mol. The molecule has 0 atom stereocenters. The molecule has 2 aromatic carbocycles. The van der Waals surface area contributed by atoms with Gasteiger partial charge >= 0.3 is 0 Å². The summed E-state index contributed by atoms with van der Waals surface area (Å²) in [7, 11) is 0. The van der Waals surface area contributed by atoms with Crippen molar-refractivity contribution in [3.05, 3.63) is 78.1 Å². The molecule has 0 fully saturated rings. The summed E-state index contributed by atoms with van der Waals surface area (Å²) in [4.78, 5) is 20.9. The van der Waals surface area contributed by atoms with Gasteiger partial charge < -0.3 is 10.6 Å². The molecule has 0 saturated heterocycles. The van der Waals surface area contributed by atoms with Crippen LogP contribution < -0.4 is 10.6 Å². The van der Waals surface area contributed by atoms with E-state index in [4.69, 9.17) is 0 Å². The van der Waals surface area contributed by atoms with Crippen LogP contribution in [0.5, 0.6) is 0 Å². The zero-order valence-corrected chi connectivity index (χ0v) is 15.2. The Bertz CT molecular complexity index is 884. The second-order valence-corrected chi connectivity index (χ2v) is 7.04. The zero-order chi connectivity index (χ0) is 18.6. The first-order chi connectivity index (χ1) is 12.4. The van der Waals surface area contributed by atoms with Gasteiger partial charge in [-0.1, -0.05) is 51.1 Å². The number of anilines is 3. The average Bonchev–Trinajstić information content (AvgIpc) is 2.62. The molecule has 0 aliphatic heterocycles. The third kappa shape index (κ3) is 4.45. The van der Waals surface area contributed by atoms with Gasteiger partial charge in [0.1, 0.15) is 5.69 Å². The highest BCUT2D eigenvalue weighted by molar-refractivity contribution is 6.03. The quantitative estimate of drug-likeness (QED) is 0.714. The van der Waals surface area contributed by atoms with E-state index < -0.39 is 0 Å². The maximum absolute atomic E-state index is 12.5. The van der Waals surface area contributed by atoms with Crippen LogP contribution in [0.1, 0.15) is 36.8 Å². The van der Waals surface area contributed by atoms with E-state index in [1.54, 1.807) is 12.3 Å². The van der Waals surface area contributed by atoms with Crippen LogP contribution in [0.4, 0.5) is 17.3 Å². The Morgan fingerprint density at radius 1 is 0.885 bits per heavy atom. The fourth-order valence-corrected chi connectivity index (χ4v) is 2.44. The smallest absolute Gasteiger partial charge is 0.274 e. The van der Waals surface area contributed by atoms with Gasteiger partial charge in [-0.15, -0.1) is 0 Å².